The third-order valence-corrected chi connectivity index (χ3v) is 3.86. The van der Waals surface area contributed by atoms with Gasteiger partial charge in [0.1, 0.15) is 5.82 Å². The molecule has 1 aliphatic rings. The summed E-state index contributed by atoms with van der Waals surface area (Å²) >= 11 is 5.83. The summed E-state index contributed by atoms with van der Waals surface area (Å²) in [6, 6.07) is 10.5. The molecule has 2 aromatic rings. The summed E-state index contributed by atoms with van der Waals surface area (Å²) in [6.07, 6.45) is 4.69. The Kier molecular flexibility index (Phi) is 2.63. The van der Waals surface area contributed by atoms with Crippen LogP contribution in [0.15, 0.2) is 30.3 Å². The number of halogens is 1. The molecule has 1 aliphatic carbocycles. The molecule has 4 heteroatoms. The number of hydrogen-bond donors (Lipinski definition) is 1. The van der Waals surface area contributed by atoms with E-state index in [4.69, 9.17) is 11.6 Å². The van der Waals surface area contributed by atoms with Gasteiger partial charge in [0.15, 0.2) is 0 Å². The van der Waals surface area contributed by atoms with E-state index in [9.17, 15) is 0 Å². The van der Waals surface area contributed by atoms with Crippen LogP contribution in [0.2, 0.25) is 5.28 Å². The second kappa shape index (κ2) is 4.15. The molecule has 17 heavy (non-hydrogen) atoms. The maximum atomic E-state index is 5.83. The molecule has 0 amide bonds. The van der Waals surface area contributed by atoms with Gasteiger partial charge >= 0.3 is 0 Å². The molecular formula is C13H14ClN3. The van der Waals surface area contributed by atoms with Crippen molar-refractivity contribution >= 4 is 11.6 Å². The van der Waals surface area contributed by atoms with Crippen LogP contribution in [0.1, 0.15) is 37.1 Å². The minimum Gasteiger partial charge on any atom is -0.261 e. The lowest BCUT2D eigenvalue weighted by atomic mass is 9.78. The Balaban J connectivity index is 2.11. The van der Waals surface area contributed by atoms with Crippen LogP contribution in [0.4, 0.5) is 0 Å². The number of nitrogens with one attached hydrogen (secondary N) is 1. The van der Waals surface area contributed by atoms with Gasteiger partial charge in [-0.1, -0.05) is 43.2 Å². The van der Waals surface area contributed by atoms with Crippen LogP contribution >= 0.6 is 11.6 Å². The number of aromatic nitrogens is 3. The fourth-order valence-corrected chi connectivity index (χ4v) is 2.98. The summed E-state index contributed by atoms with van der Waals surface area (Å²) in [5, 5.41) is 7.26. The van der Waals surface area contributed by atoms with Crippen molar-refractivity contribution in [2.45, 2.75) is 31.1 Å². The summed E-state index contributed by atoms with van der Waals surface area (Å²) in [6.45, 7) is 0. The lowest BCUT2D eigenvalue weighted by molar-refractivity contribution is 0.501. The van der Waals surface area contributed by atoms with E-state index in [1.54, 1.807) is 0 Å². The van der Waals surface area contributed by atoms with Crippen molar-refractivity contribution in [1.82, 2.24) is 15.2 Å². The highest BCUT2D eigenvalue weighted by atomic mass is 35.5. The Bertz CT molecular complexity index is 500. The second-order valence-electron chi connectivity index (χ2n) is 4.61. The minimum atomic E-state index is -0.0125. The summed E-state index contributed by atoms with van der Waals surface area (Å²) in [5.74, 6) is 0.909. The zero-order chi connectivity index (χ0) is 11.7. The first kappa shape index (κ1) is 10.8. The zero-order valence-electron chi connectivity index (χ0n) is 9.49. The molecule has 0 radical (unpaired) electrons. The van der Waals surface area contributed by atoms with Crippen molar-refractivity contribution < 1.29 is 0 Å². The quantitative estimate of drug-likeness (QED) is 0.885. The van der Waals surface area contributed by atoms with Gasteiger partial charge in [-0.25, -0.2) is 4.98 Å². The van der Waals surface area contributed by atoms with Crippen molar-refractivity contribution in [3.05, 3.63) is 47.0 Å². The van der Waals surface area contributed by atoms with Crippen molar-refractivity contribution in [3.63, 3.8) is 0 Å². The monoisotopic (exact) mass is 247 g/mol. The van der Waals surface area contributed by atoms with Crippen molar-refractivity contribution in [3.8, 4) is 0 Å². The SMILES string of the molecule is Clc1n[nH]c(C2(c3ccccc3)CCCC2)n1. The molecule has 0 unspecified atom stereocenters. The predicted molar refractivity (Wildman–Crippen MR) is 67.1 cm³/mol. The van der Waals surface area contributed by atoms with Crippen molar-refractivity contribution in [1.29, 1.82) is 0 Å². The third-order valence-electron chi connectivity index (χ3n) is 3.69. The molecule has 1 aromatic carbocycles. The van der Waals surface area contributed by atoms with Crippen LogP contribution in [0, 0.1) is 0 Å². The van der Waals surface area contributed by atoms with Crippen molar-refractivity contribution in [2.24, 2.45) is 0 Å². The smallest absolute Gasteiger partial charge is 0.242 e. The first-order valence-electron chi connectivity index (χ1n) is 5.95. The number of benzene rings is 1. The molecule has 3 nitrogen and oxygen atoms in total. The first-order chi connectivity index (χ1) is 8.31. The van der Waals surface area contributed by atoms with E-state index in [2.05, 4.69) is 39.4 Å². The molecule has 1 saturated carbocycles. The standard InChI is InChI=1S/C13H14ClN3/c14-12-15-11(16-17-12)13(8-4-5-9-13)10-6-2-1-3-7-10/h1-3,6-7H,4-5,8-9H2,(H,15,16,17). The Morgan fingerprint density at radius 3 is 2.41 bits per heavy atom. The summed E-state index contributed by atoms with van der Waals surface area (Å²) in [5.41, 5.74) is 1.30. The zero-order valence-corrected chi connectivity index (χ0v) is 10.2. The van der Waals surface area contributed by atoms with Crippen molar-refractivity contribution in [2.75, 3.05) is 0 Å². The molecular weight excluding hydrogens is 234 g/mol. The topological polar surface area (TPSA) is 41.6 Å². The van der Waals surface area contributed by atoms with E-state index in [0.717, 1.165) is 18.7 Å². The second-order valence-corrected chi connectivity index (χ2v) is 4.95. The average Bonchev–Trinajstić information content (AvgIpc) is 2.99. The van der Waals surface area contributed by atoms with Crippen LogP contribution in [-0.4, -0.2) is 15.2 Å². The molecule has 1 aromatic heterocycles. The molecule has 1 heterocycles. The highest BCUT2D eigenvalue weighted by molar-refractivity contribution is 6.28. The normalized spacial score (nSPS) is 18.4. The fraction of sp³-hybridized carbons (Fsp3) is 0.385. The number of hydrogen-bond acceptors (Lipinski definition) is 2. The van der Waals surface area contributed by atoms with E-state index >= 15 is 0 Å². The van der Waals surface area contributed by atoms with Gasteiger partial charge in [-0.05, 0) is 30.0 Å². The molecule has 1 N–H and O–H groups in total. The summed E-state index contributed by atoms with van der Waals surface area (Å²) in [7, 11) is 0. The summed E-state index contributed by atoms with van der Waals surface area (Å²) < 4.78 is 0. The number of H-pyrrole nitrogens is 1. The molecule has 1 fully saturated rings. The third kappa shape index (κ3) is 1.75. The largest absolute Gasteiger partial charge is 0.261 e. The van der Waals surface area contributed by atoms with Crippen LogP contribution in [0.25, 0.3) is 0 Å². The Labute approximate surface area is 105 Å². The molecule has 0 saturated heterocycles. The maximum absolute atomic E-state index is 5.83. The van der Waals surface area contributed by atoms with Crippen LogP contribution < -0.4 is 0 Å². The highest BCUT2D eigenvalue weighted by Crippen LogP contribution is 2.44. The molecule has 88 valence electrons. The number of aromatic amines is 1. The van der Waals surface area contributed by atoms with Crippen LogP contribution in [0.3, 0.4) is 0 Å². The molecule has 0 atom stereocenters. The van der Waals surface area contributed by atoms with Gasteiger partial charge in [0, 0.05) is 0 Å². The van der Waals surface area contributed by atoms with E-state index < -0.39 is 0 Å². The number of rotatable bonds is 2. The molecule has 3 rings (SSSR count). The average molecular weight is 248 g/mol. The summed E-state index contributed by atoms with van der Waals surface area (Å²) in [4.78, 5) is 4.34. The molecule has 0 aliphatic heterocycles. The maximum Gasteiger partial charge on any atom is 0.242 e. The Hall–Kier alpha value is -1.35. The van der Waals surface area contributed by atoms with Crippen LogP contribution in [0.5, 0.6) is 0 Å². The lowest BCUT2D eigenvalue weighted by Gasteiger charge is -2.26. The van der Waals surface area contributed by atoms with Gasteiger partial charge in [0.05, 0.1) is 5.41 Å². The van der Waals surface area contributed by atoms with Gasteiger partial charge in [0.2, 0.25) is 5.28 Å². The lowest BCUT2D eigenvalue weighted by Crippen LogP contribution is -2.25. The minimum absolute atomic E-state index is 0.0125. The Morgan fingerprint density at radius 2 is 1.82 bits per heavy atom. The fourth-order valence-electron chi connectivity index (χ4n) is 2.85. The van der Waals surface area contributed by atoms with Gasteiger partial charge in [0.25, 0.3) is 0 Å². The first-order valence-corrected chi connectivity index (χ1v) is 6.33. The van der Waals surface area contributed by atoms with Gasteiger partial charge in [-0.2, -0.15) is 0 Å². The van der Waals surface area contributed by atoms with Gasteiger partial charge in [-0.3, -0.25) is 5.10 Å². The van der Waals surface area contributed by atoms with E-state index in [1.165, 1.54) is 18.4 Å². The van der Waals surface area contributed by atoms with E-state index in [-0.39, 0.29) is 5.41 Å². The predicted octanol–water partition coefficient (Wildman–Crippen LogP) is 3.32. The molecule has 0 spiro atoms. The number of nitrogens with zero attached hydrogens (tertiary/aromatic N) is 2. The van der Waals surface area contributed by atoms with Crippen LogP contribution in [-0.2, 0) is 5.41 Å². The highest BCUT2D eigenvalue weighted by Gasteiger charge is 2.40. The van der Waals surface area contributed by atoms with E-state index in [0.29, 0.717) is 5.28 Å². The van der Waals surface area contributed by atoms with Gasteiger partial charge < -0.3 is 0 Å². The van der Waals surface area contributed by atoms with E-state index in [1.807, 2.05) is 6.07 Å². The Morgan fingerprint density at radius 1 is 1.12 bits per heavy atom. The molecule has 0 bridgehead atoms. The van der Waals surface area contributed by atoms with Gasteiger partial charge in [-0.15, -0.1) is 5.10 Å².